The minimum atomic E-state index is -0.729. The zero-order valence-corrected chi connectivity index (χ0v) is 18.5. The van der Waals surface area contributed by atoms with Gasteiger partial charge in [-0.05, 0) is 50.5 Å². The van der Waals surface area contributed by atoms with Gasteiger partial charge < -0.3 is 10.0 Å². The minimum Gasteiger partial charge on any atom is -0.494 e. The molecule has 0 spiro atoms. The number of benzene rings is 1. The second-order valence-electron chi connectivity index (χ2n) is 7.52. The third-order valence-corrected chi connectivity index (χ3v) is 6.32. The third-order valence-electron chi connectivity index (χ3n) is 5.36. The minimum absolute atomic E-state index is 0.00973. The Hall–Kier alpha value is -2.88. The molecular weight excluding hydrogens is 423 g/mol. The number of nitrogens with zero attached hydrogens (tertiary/aromatic N) is 4. The number of carbonyl (C=O) groups is 1. The molecule has 1 amide bonds. The van der Waals surface area contributed by atoms with Gasteiger partial charge in [-0.1, -0.05) is 11.8 Å². The van der Waals surface area contributed by atoms with E-state index in [0.717, 1.165) is 40.2 Å². The van der Waals surface area contributed by atoms with E-state index in [9.17, 15) is 23.9 Å². The van der Waals surface area contributed by atoms with Crippen LogP contribution in [0.2, 0.25) is 0 Å². The molecule has 2 aromatic rings. The Morgan fingerprint density at radius 2 is 1.87 bits per heavy atom. The van der Waals surface area contributed by atoms with Crippen molar-refractivity contribution in [3.63, 3.8) is 0 Å². The topological polar surface area (TPSA) is 96.9 Å². The number of carbonyl (C=O) groups excluding carboxylic acids is 1. The van der Waals surface area contributed by atoms with Gasteiger partial charge in [0.05, 0.1) is 11.4 Å². The number of aromatic nitrogens is 2. The maximum absolute atomic E-state index is 13.3. The zero-order valence-electron chi connectivity index (χ0n) is 17.7. The second-order valence-corrected chi connectivity index (χ2v) is 8.48. The molecule has 1 atom stereocenters. The maximum atomic E-state index is 13.3. The van der Waals surface area contributed by atoms with Crippen LogP contribution in [-0.4, -0.2) is 48.4 Å². The highest BCUT2D eigenvalue weighted by Crippen LogP contribution is 2.25. The molecule has 1 aliphatic rings. The fourth-order valence-electron chi connectivity index (χ4n) is 3.50. The van der Waals surface area contributed by atoms with Crippen LogP contribution in [0.3, 0.4) is 0 Å². The first kappa shape index (κ1) is 22.8. The smallest absolute Gasteiger partial charge is 0.333 e. The molecule has 1 fully saturated rings. The van der Waals surface area contributed by atoms with E-state index in [-0.39, 0.29) is 28.3 Å². The Morgan fingerprint density at radius 1 is 1.19 bits per heavy atom. The molecule has 2 heterocycles. The normalized spacial score (nSPS) is 17.1. The Morgan fingerprint density at radius 3 is 2.52 bits per heavy atom. The molecule has 1 aliphatic heterocycles. The highest BCUT2D eigenvalue weighted by Gasteiger charge is 2.26. The van der Waals surface area contributed by atoms with Crippen molar-refractivity contribution in [3.05, 3.63) is 56.5 Å². The molecule has 1 N–H and O–H groups in total. The summed E-state index contributed by atoms with van der Waals surface area (Å²) in [5.74, 6) is -1.07. The summed E-state index contributed by atoms with van der Waals surface area (Å²) in [5, 5.41) is 10.6. The number of hydrogen-bond donors (Lipinski definition) is 1. The first-order valence-corrected chi connectivity index (χ1v) is 10.9. The molecule has 166 valence electrons. The van der Waals surface area contributed by atoms with Gasteiger partial charge in [-0.25, -0.2) is 14.2 Å². The van der Waals surface area contributed by atoms with Crippen molar-refractivity contribution in [1.29, 1.82) is 0 Å². The van der Waals surface area contributed by atoms with E-state index < -0.39 is 22.9 Å². The second kappa shape index (κ2) is 9.51. The van der Waals surface area contributed by atoms with Crippen molar-refractivity contribution < 1.29 is 14.3 Å². The average Bonchev–Trinajstić information content (AvgIpc) is 2.76. The summed E-state index contributed by atoms with van der Waals surface area (Å²) in [6.07, 6.45) is 2.96. The summed E-state index contributed by atoms with van der Waals surface area (Å²) >= 11 is 1.01. The van der Waals surface area contributed by atoms with Gasteiger partial charge in [0.2, 0.25) is 11.8 Å². The molecule has 1 aromatic carbocycles. The van der Waals surface area contributed by atoms with Gasteiger partial charge in [-0.15, -0.1) is 0 Å². The first-order valence-electron chi connectivity index (χ1n) is 9.96. The van der Waals surface area contributed by atoms with Gasteiger partial charge >= 0.3 is 5.69 Å². The van der Waals surface area contributed by atoms with Crippen molar-refractivity contribution in [2.45, 2.75) is 32.2 Å². The number of amides is 1. The summed E-state index contributed by atoms with van der Waals surface area (Å²) in [6.45, 7) is 2.68. The van der Waals surface area contributed by atoms with E-state index >= 15 is 0 Å². The standard InChI is InChI=1S/C21H25FN4O4S/c1-13-6-4-5-11-26(13)16(27)12-31-18(23-15-9-7-14(22)8-10-15)17-19(28)24(2)21(30)25(3)20(17)29/h7-10,13,28H,4-6,11-12H2,1-3H3/t13-/m0/s1. The number of piperidine rings is 1. The Labute approximate surface area is 183 Å². The van der Waals surface area contributed by atoms with Crippen LogP contribution < -0.4 is 11.2 Å². The Bertz CT molecular complexity index is 1120. The van der Waals surface area contributed by atoms with Crippen molar-refractivity contribution >= 4 is 28.4 Å². The highest BCUT2D eigenvalue weighted by atomic mass is 32.2. The van der Waals surface area contributed by atoms with E-state index in [2.05, 4.69) is 4.99 Å². The van der Waals surface area contributed by atoms with Gasteiger partial charge in [0.25, 0.3) is 5.56 Å². The van der Waals surface area contributed by atoms with E-state index in [1.165, 1.54) is 38.4 Å². The summed E-state index contributed by atoms with van der Waals surface area (Å²) in [5.41, 5.74) is -1.25. The SMILES string of the molecule is C[C@H]1CCCCN1C(=O)CSC(=Nc1ccc(F)cc1)c1c(O)n(C)c(=O)n(C)c1=O. The highest BCUT2D eigenvalue weighted by molar-refractivity contribution is 8.15. The molecule has 1 aromatic heterocycles. The van der Waals surface area contributed by atoms with Gasteiger partial charge in [0.1, 0.15) is 16.4 Å². The van der Waals surface area contributed by atoms with Crippen molar-refractivity contribution in [2.24, 2.45) is 19.1 Å². The van der Waals surface area contributed by atoms with E-state index in [1.807, 2.05) is 11.8 Å². The van der Waals surface area contributed by atoms with Crippen molar-refractivity contribution in [3.8, 4) is 5.88 Å². The third kappa shape index (κ3) is 4.90. The summed E-state index contributed by atoms with van der Waals surface area (Å²) in [7, 11) is 2.63. The maximum Gasteiger partial charge on any atom is 0.333 e. The van der Waals surface area contributed by atoms with Gasteiger partial charge in [-0.3, -0.25) is 18.7 Å². The number of thioether (sulfide) groups is 1. The molecule has 0 radical (unpaired) electrons. The molecule has 8 nitrogen and oxygen atoms in total. The molecule has 0 saturated carbocycles. The molecule has 1 saturated heterocycles. The number of aromatic hydroxyl groups is 1. The van der Waals surface area contributed by atoms with Gasteiger partial charge in [0.15, 0.2) is 0 Å². The van der Waals surface area contributed by atoms with Crippen LogP contribution >= 0.6 is 11.8 Å². The van der Waals surface area contributed by atoms with Gasteiger partial charge in [-0.2, -0.15) is 0 Å². The Kier molecular flexibility index (Phi) is 6.99. The number of halogens is 1. The lowest BCUT2D eigenvalue weighted by Crippen LogP contribution is -2.43. The van der Waals surface area contributed by atoms with E-state index in [1.54, 1.807) is 0 Å². The van der Waals surface area contributed by atoms with Crippen LogP contribution in [0.4, 0.5) is 10.1 Å². The fourth-order valence-corrected chi connectivity index (χ4v) is 4.41. The summed E-state index contributed by atoms with van der Waals surface area (Å²) < 4.78 is 15.1. The lowest BCUT2D eigenvalue weighted by atomic mass is 10.0. The Balaban J connectivity index is 2.01. The number of aliphatic imine (C=N–C) groups is 1. The molecule has 0 aliphatic carbocycles. The van der Waals surface area contributed by atoms with E-state index in [0.29, 0.717) is 12.2 Å². The van der Waals surface area contributed by atoms with Crippen molar-refractivity contribution in [1.82, 2.24) is 14.0 Å². The monoisotopic (exact) mass is 448 g/mol. The van der Waals surface area contributed by atoms with E-state index in [4.69, 9.17) is 0 Å². The van der Waals surface area contributed by atoms with Crippen LogP contribution in [0, 0.1) is 5.82 Å². The van der Waals surface area contributed by atoms with Crippen LogP contribution in [0.25, 0.3) is 0 Å². The molecule has 0 unspecified atom stereocenters. The summed E-state index contributed by atoms with van der Waals surface area (Å²) in [6, 6.07) is 5.43. The predicted octanol–water partition coefficient (Wildman–Crippen LogP) is 2.14. The van der Waals surface area contributed by atoms with Crippen LogP contribution in [-0.2, 0) is 18.9 Å². The molecule has 3 rings (SSSR count). The lowest BCUT2D eigenvalue weighted by molar-refractivity contribution is -0.131. The van der Waals surface area contributed by atoms with Gasteiger partial charge in [0, 0.05) is 26.7 Å². The number of hydrogen-bond acceptors (Lipinski definition) is 6. The first-order chi connectivity index (χ1) is 14.7. The van der Waals surface area contributed by atoms with Crippen LogP contribution in [0.15, 0.2) is 38.8 Å². The zero-order chi connectivity index (χ0) is 22.7. The molecule has 31 heavy (non-hydrogen) atoms. The quantitative estimate of drug-likeness (QED) is 0.571. The average molecular weight is 449 g/mol. The predicted molar refractivity (Wildman–Crippen MR) is 119 cm³/mol. The number of likely N-dealkylation sites (tertiary alicyclic amines) is 1. The molecule has 0 bridgehead atoms. The lowest BCUT2D eigenvalue weighted by Gasteiger charge is -2.33. The fraction of sp³-hybridized carbons (Fsp3) is 0.429. The van der Waals surface area contributed by atoms with Crippen LogP contribution in [0.5, 0.6) is 5.88 Å². The van der Waals surface area contributed by atoms with Crippen molar-refractivity contribution in [2.75, 3.05) is 12.3 Å². The molecule has 10 heteroatoms. The molecular formula is C21H25FN4O4S. The largest absolute Gasteiger partial charge is 0.494 e. The number of rotatable bonds is 4. The van der Waals surface area contributed by atoms with Crippen LogP contribution in [0.1, 0.15) is 31.7 Å². The summed E-state index contributed by atoms with van der Waals surface area (Å²) in [4.78, 5) is 43.9.